The number of amides is 1. The Morgan fingerprint density at radius 3 is 2.65 bits per heavy atom. The molecule has 1 amide bonds. The zero-order valence-corrected chi connectivity index (χ0v) is 15.7. The maximum absolute atomic E-state index is 12.8. The molecule has 0 fully saturated rings. The van der Waals surface area contributed by atoms with Gasteiger partial charge in [-0.15, -0.1) is 0 Å². The second-order valence-electron chi connectivity index (χ2n) is 6.49. The number of hydrogen-bond donors (Lipinski definition) is 0. The molecule has 2 heterocycles. The molecule has 0 bridgehead atoms. The van der Waals surface area contributed by atoms with Crippen LogP contribution < -0.4 is 4.74 Å². The third kappa shape index (κ3) is 3.54. The molecule has 1 aromatic carbocycles. The summed E-state index contributed by atoms with van der Waals surface area (Å²) >= 11 is 0. The first kappa shape index (κ1) is 17.9. The number of imidazole rings is 1. The summed E-state index contributed by atoms with van der Waals surface area (Å²) in [6.07, 6.45) is 4.24. The molecular weight excluding hydrogens is 328 g/mol. The van der Waals surface area contributed by atoms with Gasteiger partial charge in [0, 0.05) is 26.0 Å². The lowest BCUT2D eigenvalue weighted by Crippen LogP contribution is -2.30. The molecule has 0 aliphatic rings. The fraction of sp³-hybridized carbons (Fsp3) is 0.350. The van der Waals surface area contributed by atoms with Crippen molar-refractivity contribution < 1.29 is 9.53 Å². The van der Waals surface area contributed by atoms with E-state index >= 15 is 0 Å². The van der Waals surface area contributed by atoms with E-state index < -0.39 is 0 Å². The Kier molecular flexibility index (Phi) is 5.21. The van der Waals surface area contributed by atoms with Crippen molar-refractivity contribution in [2.24, 2.45) is 0 Å². The van der Waals surface area contributed by atoms with E-state index in [9.17, 15) is 4.79 Å². The van der Waals surface area contributed by atoms with Crippen molar-refractivity contribution in [2.75, 3.05) is 20.2 Å². The Balaban J connectivity index is 1.60. The number of carbonyl (C=O) groups is 1. The van der Waals surface area contributed by atoms with Gasteiger partial charge < -0.3 is 9.64 Å². The summed E-state index contributed by atoms with van der Waals surface area (Å²) in [5, 5.41) is 0. The Labute approximate surface area is 153 Å². The van der Waals surface area contributed by atoms with E-state index in [2.05, 4.69) is 9.97 Å². The van der Waals surface area contributed by atoms with Crippen LogP contribution in [0, 0.1) is 20.8 Å². The summed E-state index contributed by atoms with van der Waals surface area (Å²) in [6, 6.07) is 7.90. The molecule has 2 aromatic heterocycles. The molecule has 0 atom stereocenters. The third-order valence-corrected chi connectivity index (χ3v) is 4.42. The molecule has 3 rings (SSSR count). The second-order valence-corrected chi connectivity index (χ2v) is 6.49. The van der Waals surface area contributed by atoms with Gasteiger partial charge in [0.25, 0.3) is 5.91 Å². The molecule has 0 aliphatic carbocycles. The Morgan fingerprint density at radius 1 is 1.19 bits per heavy atom. The van der Waals surface area contributed by atoms with Crippen LogP contribution in [-0.4, -0.2) is 45.4 Å². The summed E-state index contributed by atoms with van der Waals surface area (Å²) in [7, 11) is 1.80. The molecule has 0 aliphatic heterocycles. The van der Waals surface area contributed by atoms with Crippen LogP contribution in [0.5, 0.6) is 5.75 Å². The molecule has 3 aromatic rings. The highest BCUT2D eigenvalue weighted by Crippen LogP contribution is 2.22. The summed E-state index contributed by atoms with van der Waals surface area (Å²) in [4.78, 5) is 23.1. The number of fused-ring (bicyclic) bond motifs is 1. The fourth-order valence-corrected chi connectivity index (χ4v) is 3.04. The van der Waals surface area contributed by atoms with Crippen molar-refractivity contribution in [1.82, 2.24) is 19.3 Å². The molecule has 0 saturated heterocycles. The van der Waals surface area contributed by atoms with Crippen LogP contribution >= 0.6 is 0 Å². The highest BCUT2D eigenvalue weighted by Gasteiger charge is 2.20. The standard InChI is InChI=1S/C20H24N4O2/c1-14-8-5-9-15(2)18(14)26-13-7-11-23(4)19(25)17-16(3)22-20-21-10-6-12-24(17)20/h5-6,8-10,12H,7,11,13H2,1-4H3. The number of ether oxygens (including phenoxy) is 1. The molecule has 6 heteroatoms. The van der Waals surface area contributed by atoms with Gasteiger partial charge in [0.1, 0.15) is 11.4 Å². The first-order valence-electron chi connectivity index (χ1n) is 8.73. The van der Waals surface area contributed by atoms with E-state index in [1.165, 1.54) is 0 Å². The Morgan fingerprint density at radius 2 is 1.92 bits per heavy atom. The van der Waals surface area contributed by atoms with Gasteiger partial charge in [-0.2, -0.15) is 0 Å². The monoisotopic (exact) mass is 352 g/mol. The predicted octanol–water partition coefficient (Wildman–Crippen LogP) is 3.20. The van der Waals surface area contributed by atoms with Gasteiger partial charge in [-0.1, -0.05) is 18.2 Å². The van der Waals surface area contributed by atoms with E-state index in [1.54, 1.807) is 28.6 Å². The molecule has 136 valence electrons. The van der Waals surface area contributed by atoms with Crippen molar-refractivity contribution in [2.45, 2.75) is 27.2 Å². The number of para-hydroxylation sites is 1. The number of rotatable bonds is 6. The number of benzene rings is 1. The fourth-order valence-electron chi connectivity index (χ4n) is 3.04. The van der Waals surface area contributed by atoms with E-state index in [1.807, 2.05) is 45.2 Å². The highest BCUT2D eigenvalue weighted by atomic mass is 16.5. The van der Waals surface area contributed by atoms with Crippen LogP contribution in [0.4, 0.5) is 0 Å². The van der Waals surface area contributed by atoms with Crippen LogP contribution in [0.2, 0.25) is 0 Å². The highest BCUT2D eigenvalue weighted by molar-refractivity contribution is 5.94. The van der Waals surface area contributed by atoms with Gasteiger partial charge in [0.05, 0.1) is 12.3 Å². The Hall–Kier alpha value is -2.89. The van der Waals surface area contributed by atoms with E-state index in [0.717, 1.165) is 23.3 Å². The van der Waals surface area contributed by atoms with Gasteiger partial charge in [0.2, 0.25) is 5.78 Å². The number of hydrogen-bond acceptors (Lipinski definition) is 4. The first-order valence-corrected chi connectivity index (χ1v) is 8.73. The Bertz CT molecular complexity index is 912. The van der Waals surface area contributed by atoms with Gasteiger partial charge in [-0.3, -0.25) is 9.20 Å². The van der Waals surface area contributed by atoms with Gasteiger partial charge >= 0.3 is 0 Å². The van der Waals surface area contributed by atoms with Crippen molar-refractivity contribution in [3.05, 3.63) is 59.2 Å². The van der Waals surface area contributed by atoms with E-state index in [-0.39, 0.29) is 5.91 Å². The molecule has 0 N–H and O–H groups in total. The van der Waals surface area contributed by atoms with Crippen LogP contribution in [0.1, 0.15) is 33.7 Å². The minimum Gasteiger partial charge on any atom is -0.493 e. The maximum Gasteiger partial charge on any atom is 0.272 e. The van der Waals surface area contributed by atoms with Crippen LogP contribution in [-0.2, 0) is 0 Å². The largest absolute Gasteiger partial charge is 0.493 e. The van der Waals surface area contributed by atoms with Crippen LogP contribution in [0.3, 0.4) is 0 Å². The lowest BCUT2D eigenvalue weighted by molar-refractivity contribution is 0.0780. The quantitative estimate of drug-likeness (QED) is 0.639. The van der Waals surface area contributed by atoms with Crippen LogP contribution in [0.25, 0.3) is 5.78 Å². The normalized spacial score (nSPS) is 10.9. The van der Waals surface area contributed by atoms with Crippen molar-refractivity contribution in [3.8, 4) is 5.75 Å². The summed E-state index contributed by atoms with van der Waals surface area (Å²) in [5.74, 6) is 1.42. The van der Waals surface area contributed by atoms with E-state index in [0.29, 0.717) is 30.3 Å². The summed E-state index contributed by atoms with van der Waals surface area (Å²) in [6.45, 7) is 7.09. The number of aromatic nitrogens is 3. The molecular formula is C20H24N4O2. The molecule has 0 spiro atoms. The SMILES string of the molecule is Cc1cccc(C)c1OCCCN(C)C(=O)c1c(C)nc2ncccn12. The van der Waals surface area contributed by atoms with Gasteiger partial charge in [0.15, 0.2) is 0 Å². The van der Waals surface area contributed by atoms with Crippen LogP contribution in [0.15, 0.2) is 36.7 Å². The average molecular weight is 352 g/mol. The van der Waals surface area contributed by atoms with Crippen molar-refractivity contribution >= 4 is 11.7 Å². The van der Waals surface area contributed by atoms with Crippen molar-refractivity contribution in [3.63, 3.8) is 0 Å². The molecule has 6 nitrogen and oxygen atoms in total. The molecule has 0 radical (unpaired) electrons. The number of nitrogens with zero attached hydrogens (tertiary/aromatic N) is 4. The zero-order chi connectivity index (χ0) is 18.7. The molecule has 0 saturated carbocycles. The summed E-state index contributed by atoms with van der Waals surface area (Å²) < 4.78 is 7.65. The minimum absolute atomic E-state index is 0.0601. The van der Waals surface area contributed by atoms with Gasteiger partial charge in [-0.05, 0) is 44.4 Å². The lowest BCUT2D eigenvalue weighted by Gasteiger charge is -2.18. The topological polar surface area (TPSA) is 59.7 Å². The zero-order valence-electron chi connectivity index (χ0n) is 15.7. The van der Waals surface area contributed by atoms with E-state index in [4.69, 9.17) is 4.74 Å². The van der Waals surface area contributed by atoms with Crippen molar-refractivity contribution in [1.29, 1.82) is 0 Å². The maximum atomic E-state index is 12.8. The predicted molar refractivity (Wildman–Crippen MR) is 101 cm³/mol. The lowest BCUT2D eigenvalue weighted by atomic mass is 10.1. The molecule has 26 heavy (non-hydrogen) atoms. The number of aryl methyl sites for hydroxylation is 3. The minimum atomic E-state index is -0.0601. The summed E-state index contributed by atoms with van der Waals surface area (Å²) in [5.41, 5.74) is 3.50. The van der Waals surface area contributed by atoms with Gasteiger partial charge in [-0.25, -0.2) is 9.97 Å². The second kappa shape index (κ2) is 7.56. The first-order chi connectivity index (χ1) is 12.5. The number of carbonyl (C=O) groups excluding carboxylic acids is 1. The third-order valence-electron chi connectivity index (χ3n) is 4.42. The molecule has 0 unspecified atom stereocenters. The average Bonchev–Trinajstić information content (AvgIpc) is 2.95. The smallest absolute Gasteiger partial charge is 0.272 e.